The lowest BCUT2D eigenvalue weighted by Gasteiger charge is -2.00. The largest absolute Gasteiger partial charge is 0.252 e. The molecule has 0 radical (unpaired) electrons. The monoisotopic (exact) mass is 205 g/mol. The van der Waals surface area contributed by atoms with Crippen molar-refractivity contribution in [1.29, 1.82) is 0 Å². The van der Waals surface area contributed by atoms with E-state index in [0.717, 1.165) is 12.3 Å². The quantitative estimate of drug-likeness (QED) is 0.716. The van der Waals surface area contributed by atoms with E-state index >= 15 is 0 Å². The van der Waals surface area contributed by atoms with Crippen LogP contribution in [0, 0.1) is 0 Å². The van der Waals surface area contributed by atoms with Crippen LogP contribution in [0.4, 0.5) is 0 Å². The van der Waals surface area contributed by atoms with Crippen LogP contribution in [-0.2, 0) is 6.54 Å². The number of hydrogen-bond donors (Lipinski definition) is 0. The molecule has 14 heavy (non-hydrogen) atoms. The van der Waals surface area contributed by atoms with E-state index in [9.17, 15) is 0 Å². The normalized spacial score (nSPS) is 10.3. The number of thioether (sulfide) groups is 1. The highest BCUT2D eigenvalue weighted by Crippen LogP contribution is 2.16. The maximum absolute atomic E-state index is 4.04. The summed E-state index contributed by atoms with van der Waals surface area (Å²) in [5, 5.41) is 4.04. The van der Waals surface area contributed by atoms with Gasteiger partial charge in [0.05, 0.1) is 6.54 Å². The van der Waals surface area contributed by atoms with Crippen LogP contribution in [0.3, 0.4) is 0 Å². The van der Waals surface area contributed by atoms with E-state index in [0.29, 0.717) is 0 Å². The van der Waals surface area contributed by atoms with E-state index in [1.807, 2.05) is 22.5 Å². The summed E-state index contributed by atoms with van der Waals surface area (Å²) in [6.07, 6.45) is 3.30. The molecule has 1 aromatic carbocycles. The third kappa shape index (κ3) is 2.60. The molecule has 2 rings (SSSR count). The Kier molecular flexibility index (Phi) is 3.19. The minimum absolute atomic E-state index is 0.902. The van der Waals surface area contributed by atoms with Crippen molar-refractivity contribution in [2.75, 3.05) is 5.75 Å². The second-order valence-electron chi connectivity index (χ2n) is 2.82. The highest BCUT2D eigenvalue weighted by Gasteiger charge is 1.93. The summed E-state index contributed by atoms with van der Waals surface area (Å²) in [7, 11) is 0. The number of aryl methyl sites for hydroxylation is 1. The molecule has 3 nitrogen and oxygen atoms in total. The van der Waals surface area contributed by atoms with Crippen LogP contribution in [-0.4, -0.2) is 20.5 Å². The number of rotatable bonds is 4. The summed E-state index contributed by atoms with van der Waals surface area (Å²) in [6.45, 7) is 0.902. The lowest BCUT2D eigenvalue weighted by atomic mass is 10.4. The fourth-order valence-electron chi connectivity index (χ4n) is 1.12. The van der Waals surface area contributed by atoms with Crippen LogP contribution in [0.2, 0.25) is 0 Å². The van der Waals surface area contributed by atoms with Gasteiger partial charge < -0.3 is 0 Å². The van der Waals surface area contributed by atoms with Gasteiger partial charge in [0.15, 0.2) is 0 Å². The van der Waals surface area contributed by atoms with Crippen molar-refractivity contribution in [2.45, 2.75) is 11.4 Å². The zero-order chi connectivity index (χ0) is 9.64. The van der Waals surface area contributed by atoms with Crippen LogP contribution in [0.5, 0.6) is 0 Å². The van der Waals surface area contributed by atoms with Crippen molar-refractivity contribution in [3.8, 4) is 0 Å². The Bertz CT molecular complexity index is 358. The van der Waals surface area contributed by atoms with Gasteiger partial charge in [0.1, 0.15) is 12.7 Å². The van der Waals surface area contributed by atoms with Crippen LogP contribution in [0.1, 0.15) is 0 Å². The van der Waals surface area contributed by atoms with Crippen molar-refractivity contribution in [2.24, 2.45) is 0 Å². The van der Waals surface area contributed by atoms with E-state index in [4.69, 9.17) is 0 Å². The van der Waals surface area contributed by atoms with E-state index in [1.165, 1.54) is 4.90 Å². The molecule has 0 aliphatic heterocycles. The standard InChI is InChI=1S/C10H11N3S/c1-2-4-10(5-3-1)14-7-6-13-9-11-8-12-13/h1-5,8-9H,6-7H2. The average Bonchev–Trinajstić information content (AvgIpc) is 2.72. The molecule has 0 spiro atoms. The van der Waals surface area contributed by atoms with Gasteiger partial charge in [0.2, 0.25) is 0 Å². The zero-order valence-electron chi connectivity index (χ0n) is 7.71. The number of nitrogens with zero attached hydrogens (tertiary/aromatic N) is 3. The van der Waals surface area contributed by atoms with E-state index in [2.05, 4.69) is 34.3 Å². The molecule has 72 valence electrons. The van der Waals surface area contributed by atoms with Crippen molar-refractivity contribution in [1.82, 2.24) is 14.8 Å². The summed E-state index contributed by atoms with van der Waals surface area (Å²) >= 11 is 1.83. The SMILES string of the molecule is c1ccc(SCCn2cncn2)cc1. The fourth-order valence-corrected chi connectivity index (χ4v) is 1.99. The zero-order valence-corrected chi connectivity index (χ0v) is 8.52. The van der Waals surface area contributed by atoms with Gasteiger partial charge in [-0.3, -0.25) is 4.68 Å². The first kappa shape index (κ1) is 9.27. The predicted molar refractivity (Wildman–Crippen MR) is 57.2 cm³/mol. The molecule has 4 heteroatoms. The lowest BCUT2D eigenvalue weighted by molar-refractivity contribution is 0.664. The Hall–Kier alpha value is -1.29. The molecule has 2 aromatic rings. The van der Waals surface area contributed by atoms with E-state index in [-0.39, 0.29) is 0 Å². The van der Waals surface area contributed by atoms with Crippen molar-refractivity contribution in [3.05, 3.63) is 43.0 Å². The van der Waals surface area contributed by atoms with Gasteiger partial charge in [-0.15, -0.1) is 11.8 Å². The highest BCUT2D eigenvalue weighted by atomic mass is 32.2. The first-order chi connectivity index (χ1) is 6.95. The van der Waals surface area contributed by atoms with Gasteiger partial charge in [0, 0.05) is 10.6 Å². The maximum atomic E-state index is 4.04. The molecule has 1 heterocycles. The molecule has 0 aliphatic carbocycles. The Morgan fingerprint density at radius 2 is 2.07 bits per heavy atom. The van der Waals surface area contributed by atoms with Gasteiger partial charge >= 0.3 is 0 Å². The summed E-state index contributed by atoms with van der Waals surface area (Å²) in [6, 6.07) is 10.4. The van der Waals surface area contributed by atoms with E-state index < -0.39 is 0 Å². The Morgan fingerprint density at radius 1 is 1.21 bits per heavy atom. The number of aromatic nitrogens is 3. The first-order valence-electron chi connectivity index (χ1n) is 4.45. The third-order valence-electron chi connectivity index (χ3n) is 1.80. The summed E-state index contributed by atoms with van der Waals surface area (Å²) in [4.78, 5) is 5.19. The molecule has 0 fully saturated rings. The van der Waals surface area contributed by atoms with Crippen molar-refractivity contribution in [3.63, 3.8) is 0 Å². The maximum Gasteiger partial charge on any atom is 0.137 e. The smallest absolute Gasteiger partial charge is 0.137 e. The predicted octanol–water partition coefficient (Wildman–Crippen LogP) is 2.07. The summed E-state index contributed by atoms with van der Waals surface area (Å²) in [5.74, 6) is 1.02. The molecule has 0 unspecified atom stereocenters. The summed E-state index contributed by atoms with van der Waals surface area (Å²) < 4.78 is 1.84. The first-order valence-corrected chi connectivity index (χ1v) is 5.44. The van der Waals surface area contributed by atoms with Crippen LogP contribution < -0.4 is 0 Å². The van der Waals surface area contributed by atoms with Gasteiger partial charge in [-0.25, -0.2) is 4.98 Å². The Morgan fingerprint density at radius 3 is 2.79 bits per heavy atom. The highest BCUT2D eigenvalue weighted by molar-refractivity contribution is 7.99. The van der Waals surface area contributed by atoms with Gasteiger partial charge in [0.25, 0.3) is 0 Å². The average molecular weight is 205 g/mol. The molecular formula is C10H11N3S. The van der Waals surface area contributed by atoms with Crippen LogP contribution in [0.25, 0.3) is 0 Å². The molecule has 1 aromatic heterocycles. The second kappa shape index (κ2) is 4.81. The Labute approximate surface area is 87.2 Å². The van der Waals surface area contributed by atoms with Gasteiger partial charge in [-0.05, 0) is 12.1 Å². The van der Waals surface area contributed by atoms with Gasteiger partial charge in [-0.1, -0.05) is 18.2 Å². The molecule has 0 aliphatic rings. The molecule has 0 saturated carbocycles. The molecule has 0 saturated heterocycles. The van der Waals surface area contributed by atoms with Gasteiger partial charge in [-0.2, -0.15) is 5.10 Å². The molecule has 0 N–H and O–H groups in total. The molecular weight excluding hydrogens is 194 g/mol. The van der Waals surface area contributed by atoms with Crippen LogP contribution in [0.15, 0.2) is 47.9 Å². The molecule has 0 atom stereocenters. The molecule has 0 amide bonds. The van der Waals surface area contributed by atoms with Crippen LogP contribution >= 0.6 is 11.8 Å². The summed E-state index contributed by atoms with van der Waals surface area (Å²) in [5.41, 5.74) is 0. The van der Waals surface area contributed by atoms with Crippen molar-refractivity contribution >= 4 is 11.8 Å². The fraction of sp³-hybridized carbons (Fsp3) is 0.200. The number of benzene rings is 1. The second-order valence-corrected chi connectivity index (χ2v) is 3.99. The van der Waals surface area contributed by atoms with E-state index in [1.54, 1.807) is 12.7 Å². The Balaban J connectivity index is 1.79. The molecule has 0 bridgehead atoms. The lowest BCUT2D eigenvalue weighted by Crippen LogP contribution is -2.00. The van der Waals surface area contributed by atoms with Crippen molar-refractivity contribution < 1.29 is 0 Å². The minimum Gasteiger partial charge on any atom is -0.252 e. The topological polar surface area (TPSA) is 30.7 Å². The number of hydrogen-bond acceptors (Lipinski definition) is 3. The third-order valence-corrected chi connectivity index (χ3v) is 2.79. The minimum atomic E-state index is 0.902.